The van der Waals surface area contributed by atoms with Crippen molar-refractivity contribution in [3.63, 3.8) is 0 Å². The van der Waals surface area contributed by atoms with Gasteiger partial charge in [-0.1, -0.05) is 0 Å². The second-order valence-corrected chi connectivity index (χ2v) is 14.2. The molecule has 41 heavy (non-hydrogen) atoms. The molecular formula is C26H41ClF4N6O3S. The van der Waals surface area contributed by atoms with Crippen molar-refractivity contribution < 1.29 is 31.9 Å². The van der Waals surface area contributed by atoms with Crippen LogP contribution in [0.3, 0.4) is 0 Å². The maximum absolute atomic E-state index is 14.7. The Morgan fingerprint density at radius 1 is 1.05 bits per heavy atom. The van der Waals surface area contributed by atoms with Crippen LogP contribution in [0.5, 0.6) is 0 Å². The Labute approximate surface area is 247 Å². The summed E-state index contributed by atoms with van der Waals surface area (Å²) in [5.41, 5.74) is -0.501. The predicted octanol–water partition coefficient (Wildman–Crippen LogP) is 1.37. The topological polar surface area (TPSA) is 107 Å². The third kappa shape index (κ3) is 6.78. The fraction of sp³-hybridized carbons (Fsp3) is 0.923. The van der Waals surface area contributed by atoms with Gasteiger partial charge in [0.25, 0.3) is 0 Å². The Kier molecular flexibility index (Phi) is 9.69. The first-order chi connectivity index (χ1) is 19.3. The molecule has 5 aliphatic heterocycles. The number of rotatable bonds is 5. The Morgan fingerprint density at radius 3 is 2.49 bits per heavy atom. The van der Waals surface area contributed by atoms with Crippen molar-refractivity contribution >= 4 is 35.2 Å². The van der Waals surface area contributed by atoms with Crippen LogP contribution in [0.25, 0.3) is 0 Å². The van der Waals surface area contributed by atoms with Crippen LogP contribution in [-0.2, 0) is 14.3 Å². The summed E-state index contributed by atoms with van der Waals surface area (Å²) in [5.74, 6) is -2.39. The van der Waals surface area contributed by atoms with Crippen LogP contribution in [0.2, 0.25) is 0 Å². The Balaban J connectivity index is 1.15. The molecule has 15 heteroatoms. The minimum absolute atomic E-state index is 0.0224. The van der Waals surface area contributed by atoms with Gasteiger partial charge in [0, 0.05) is 56.7 Å². The number of hydrogen-bond donors (Lipinski definition) is 5. The lowest BCUT2D eigenvalue weighted by Crippen LogP contribution is -2.61. The first kappa shape index (κ1) is 31.5. The molecule has 234 valence electrons. The number of nitrogens with zero attached hydrogens (tertiary/aromatic N) is 1. The van der Waals surface area contributed by atoms with E-state index < -0.39 is 42.7 Å². The maximum atomic E-state index is 14.7. The van der Waals surface area contributed by atoms with E-state index in [0.29, 0.717) is 26.2 Å². The average Bonchev–Trinajstić information content (AvgIpc) is 3.47. The number of thioether (sulfide) groups is 1. The van der Waals surface area contributed by atoms with E-state index in [0.717, 1.165) is 12.8 Å². The fourth-order valence-corrected chi connectivity index (χ4v) is 9.07. The molecule has 5 rings (SSSR count). The normalized spacial score (nSPS) is 45.4. The highest BCUT2D eigenvalue weighted by Gasteiger charge is 2.53. The molecule has 9 nitrogen and oxygen atoms in total. The van der Waals surface area contributed by atoms with Gasteiger partial charge >= 0.3 is 6.18 Å². The highest BCUT2D eigenvalue weighted by atomic mass is 35.5. The smallest absolute Gasteiger partial charge is 0.380 e. The lowest BCUT2D eigenvalue weighted by Gasteiger charge is -2.45. The number of methoxy groups -OCH3 is 1. The number of fused-ring (bicyclic) bond motifs is 1. The van der Waals surface area contributed by atoms with Gasteiger partial charge in [0.05, 0.1) is 23.4 Å². The molecule has 0 aromatic carbocycles. The number of piperidine rings is 3. The van der Waals surface area contributed by atoms with Crippen LogP contribution in [-0.4, -0.2) is 109 Å². The number of alkyl halides is 5. The quantitative estimate of drug-likeness (QED) is 0.177. The van der Waals surface area contributed by atoms with Gasteiger partial charge in [-0.25, -0.2) is 4.39 Å². The molecule has 0 bridgehead atoms. The van der Waals surface area contributed by atoms with Crippen LogP contribution in [0, 0.1) is 23.7 Å². The molecule has 0 aromatic heterocycles. The van der Waals surface area contributed by atoms with Crippen LogP contribution < -0.4 is 26.6 Å². The lowest BCUT2D eigenvalue weighted by molar-refractivity contribution is -0.195. The molecule has 5 saturated heterocycles. The number of carbonyl (C=O) groups excluding carboxylic acids is 2. The molecule has 0 radical (unpaired) electrons. The Morgan fingerprint density at radius 2 is 1.80 bits per heavy atom. The van der Waals surface area contributed by atoms with E-state index in [-0.39, 0.29) is 58.1 Å². The van der Waals surface area contributed by atoms with E-state index >= 15 is 0 Å². The van der Waals surface area contributed by atoms with Crippen LogP contribution >= 0.6 is 23.4 Å². The van der Waals surface area contributed by atoms with Crippen LogP contribution in [0.15, 0.2) is 0 Å². The molecule has 5 N–H and O–H groups in total. The molecular weight excluding hydrogens is 588 g/mol. The summed E-state index contributed by atoms with van der Waals surface area (Å²) < 4.78 is 60.1. The van der Waals surface area contributed by atoms with E-state index in [9.17, 15) is 27.2 Å². The molecule has 0 spiro atoms. The zero-order valence-corrected chi connectivity index (χ0v) is 25.0. The molecule has 13 atom stereocenters. The summed E-state index contributed by atoms with van der Waals surface area (Å²) in [7, 11) is 1.69. The zero-order chi connectivity index (χ0) is 29.6. The molecule has 5 aliphatic rings. The van der Waals surface area contributed by atoms with Gasteiger partial charge < -0.3 is 25.6 Å². The van der Waals surface area contributed by atoms with E-state index in [2.05, 4.69) is 33.5 Å². The molecule has 2 amide bonds. The largest absolute Gasteiger partial charge is 0.393 e. The van der Waals surface area contributed by atoms with Gasteiger partial charge in [-0.05, 0) is 44.9 Å². The second-order valence-electron chi connectivity index (χ2n) is 12.3. The summed E-state index contributed by atoms with van der Waals surface area (Å²) in [6, 6.07) is -2.18. The summed E-state index contributed by atoms with van der Waals surface area (Å²) >= 11 is 7.95. The molecule has 5 fully saturated rings. The number of hydrogen-bond acceptors (Lipinski definition) is 8. The Hall–Kier alpha value is -0.900. The van der Waals surface area contributed by atoms with Gasteiger partial charge in [0.15, 0.2) is 0 Å². The SMILES string of the molecule is COC1CNC(Cl)CC1C1CC(C)NCC1C(=O)NC1NC2CN(C(=O)C3NC(C)C(C(F)(F)F)CC3F)CC2S1. The molecule has 0 aromatic rings. The first-order valence-electron chi connectivity index (χ1n) is 14.5. The number of likely N-dealkylation sites (tertiary alicyclic amines) is 1. The predicted molar refractivity (Wildman–Crippen MR) is 148 cm³/mol. The van der Waals surface area contributed by atoms with E-state index in [4.69, 9.17) is 16.3 Å². The molecule has 0 saturated carbocycles. The molecule has 13 unspecified atom stereocenters. The van der Waals surface area contributed by atoms with Crippen molar-refractivity contribution in [2.24, 2.45) is 23.7 Å². The number of halogens is 5. The van der Waals surface area contributed by atoms with Crippen LogP contribution in [0.4, 0.5) is 17.6 Å². The summed E-state index contributed by atoms with van der Waals surface area (Å²) in [4.78, 5) is 28.2. The third-order valence-corrected chi connectivity index (χ3v) is 11.3. The maximum Gasteiger partial charge on any atom is 0.393 e. The van der Waals surface area contributed by atoms with E-state index in [1.54, 1.807) is 7.11 Å². The van der Waals surface area contributed by atoms with Gasteiger partial charge in [0.2, 0.25) is 11.8 Å². The number of carbonyl (C=O) groups is 2. The van der Waals surface area contributed by atoms with Crippen LogP contribution in [0.1, 0.15) is 33.1 Å². The zero-order valence-electron chi connectivity index (χ0n) is 23.4. The fourth-order valence-electron chi connectivity index (χ4n) is 7.37. The van der Waals surface area contributed by atoms with Crippen molar-refractivity contribution in [3.8, 4) is 0 Å². The van der Waals surface area contributed by atoms with Gasteiger partial charge in [-0.3, -0.25) is 20.2 Å². The van der Waals surface area contributed by atoms with Crippen molar-refractivity contribution in [1.82, 2.24) is 31.5 Å². The molecule has 0 aliphatic carbocycles. The van der Waals surface area contributed by atoms with Crippen molar-refractivity contribution in [1.29, 1.82) is 0 Å². The minimum Gasteiger partial charge on any atom is -0.380 e. The van der Waals surface area contributed by atoms with Gasteiger partial charge in [0.1, 0.15) is 17.7 Å². The highest BCUT2D eigenvalue weighted by Crippen LogP contribution is 2.40. The number of amides is 2. The standard InChI is InChI=1S/C26H41ClF4N6O3S/c1-11-4-13(14-5-21(27)33-8-19(14)40-3)15(7-32-11)23(38)36-25-35-18-9-37(10-20(18)41-25)24(39)22-17(28)6-16(12(2)34-22)26(29,30)31/h11-22,25,32-35H,4-10H2,1-3H3,(H,36,38). The summed E-state index contributed by atoms with van der Waals surface area (Å²) in [6.07, 6.45) is -5.62. The summed E-state index contributed by atoms with van der Waals surface area (Å²) in [5, 5.41) is 15.8. The monoisotopic (exact) mass is 628 g/mol. The van der Waals surface area contributed by atoms with Gasteiger partial charge in [-0.2, -0.15) is 13.2 Å². The van der Waals surface area contributed by atoms with E-state index in [1.165, 1.54) is 23.6 Å². The summed E-state index contributed by atoms with van der Waals surface area (Å²) in [6.45, 7) is 5.30. The average molecular weight is 629 g/mol. The molecule has 5 heterocycles. The van der Waals surface area contributed by atoms with Crippen molar-refractivity contribution in [2.45, 2.75) is 92.0 Å². The number of ether oxygens (including phenoxy) is 1. The minimum atomic E-state index is -4.52. The van der Waals surface area contributed by atoms with Crippen molar-refractivity contribution in [3.05, 3.63) is 0 Å². The Bertz CT molecular complexity index is 957. The first-order valence-corrected chi connectivity index (χ1v) is 15.8. The third-order valence-electron chi connectivity index (χ3n) is 9.62. The second kappa shape index (κ2) is 12.6. The lowest BCUT2D eigenvalue weighted by atomic mass is 9.70. The van der Waals surface area contributed by atoms with Gasteiger partial charge in [-0.15, -0.1) is 23.4 Å². The van der Waals surface area contributed by atoms with Crippen molar-refractivity contribution in [2.75, 3.05) is 33.3 Å². The highest BCUT2D eigenvalue weighted by molar-refractivity contribution is 8.00. The van der Waals surface area contributed by atoms with E-state index in [1.807, 2.05) is 0 Å². The number of nitrogens with one attached hydrogen (secondary N) is 5.